The number of benzene rings is 2. The first-order valence-corrected chi connectivity index (χ1v) is 10.5. The zero-order valence-electron chi connectivity index (χ0n) is 18.7. The molecule has 0 fully saturated rings. The lowest BCUT2D eigenvalue weighted by Crippen LogP contribution is -2.24. The van der Waals surface area contributed by atoms with Gasteiger partial charge in [0.05, 0.1) is 14.2 Å². The van der Waals surface area contributed by atoms with Crippen LogP contribution in [-0.2, 0) is 13.1 Å². The van der Waals surface area contributed by atoms with Gasteiger partial charge >= 0.3 is 0 Å². The van der Waals surface area contributed by atoms with Crippen molar-refractivity contribution in [2.24, 2.45) is 0 Å². The highest BCUT2D eigenvalue weighted by atomic mass is 16.5. The van der Waals surface area contributed by atoms with E-state index in [0.29, 0.717) is 52.6 Å². The molecule has 2 heterocycles. The molecule has 33 heavy (non-hydrogen) atoms. The van der Waals surface area contributed by atoms with Gasteiger partial charge in [0.1, 0.15) is 22.7 Å². The average molecular weight is 444 g/mol. The number of amides is 1. The minimum atomic E-state index is -0.232. The summed E-state index contributed by atoms with van der Waals surface area (Å²) < 4.78 is 12.1. The molecule has 1 N–H and O–H groups in total. The van der Waals surface area contributed by atoms with E-state index in [-0.39, 0.29) is 11.5 Å². The van der Waals surface area contributed by atoms with Gasteiger partial charge in [0.25, 0.3) is 11.5 Å². The van der Waals surface area contributed by atoms with Crippen LogP contribution in [0, 0.1) is 0 Å². The van der Waals surface area contributed by atoms with Crippen LogP contribution >= 0.6 is 0 Å². The van der Waals surface area contributed by atoms with Crippen LogP contribution in [0.3, 0.4) is 0 Å². The van der Waals surface area contributed by atoms with Gasteiger partial charge < -0.3 is 14.8 Å². The number of fused-ring (bicyclic) bond motifs is 1. The maximum Gasteiger partial charge on any atom is 0.278 e. The summed E-state index contributed by atoms with van der Waals surface area (Å²) >= 11 is 0. The van der Waals surface area contributed by atoms with E-state index in [4.69, 9.17) is 9.47 Å². The molecule has 0 saturated heterocycles. The number of methoxy groups -OCH3 is 2. The van der Waals surface area contributed by atoms with Gasteiger partial charge in [0.2, 0.25) is 0 Å². The van der Waals surface area contributed by atoms with Gasteiger partial charge in [-0.3, -0.25) is 14.2 Å². The molecule has 8 nitrogen and oxygen atoms in total. The first-order chi connectivity index (χ1) is 16.0. The lowest BCUT2D eigenvalue weighted by atomic mass is 10.1. The summed E-state index contributed by atoms with van der Waals surface area (Å²) in [4.78, 5) is 34.4. The van der Waals surface area contributed by atoms with Crippen LogP contribution in [0.4, 0.5) is 0 Å². The summed E-state index contributed by atoms with van der Waals surface area (Å²) in [6.07, 6.45) is 1.64. The van der Waals surface area contributed by atoms with Crippen molar-refractivity contribution in [3.8, 4) is 22.8 Å². The first-order valence-electron chi connectivity index (χ1n) is 10.5. The summed E-state index contributed by atoms with van der Waals surface area (Å²) in [6.45, 7) is 2.69. The maximum absolute atomic E-state index is 13.0. The molecule has 0 unspecified atom stereocenters. The van der Waals surface area contributed by atoms with Crippen molar-refractivity contribution in [1.29, 1.82) is 0 Å². The van der Waals surface area contributed by atoms with E-state index < -0.39 is 0 Å². The lowest BCUT2D eigenvalue weighted by Gasteiger charge is -2.11. The Hall–Kier alpha value is -4.20. The van der Waals surface area contributed by atoms with E-state index in [1.807, 2.05) is 25.1 Å². The molecule has 0 spiro atoms. The Balaban J connectivity index is 1.55. The van der Waals surface area contributed by atoms with Crippen LogP contribution in [0.5, 0.6) is 11.5 Å². The zero-order chi connectivity index (χ0) is 23.4. The number of carbonyl (C=O) groups excluding carboxylic acids is 1. The summed E-state index contributed by atoms with van der Waals surface area (Å²) in [7, 11) is 3.16. The summed E-state index contributed by atoms with van der Waals surface area (Å²) in [5.41, 5.74) is 3.28. The molecule has 0 atom stereocenters. The number of hydrogen-bond donors (Lipinski definition) is 1. The molecule has 0 saturated carbocycles. The van der Waals surface area contributed by atoms with Crippen molar-refractivity contribution >= 4 is 17.1 Å². The van der Waals surface area contributed by atoms with E-state index in [1.54, 1.807) is 61.4 Å². The van der Waals surface area contributed by atoms with E-state index in [1.165, 1.54) is 0 Å². The molecule has 4 aromatic rings. The third-order valence-corrected chi connectivity index (χ3v) is 5.30. The van der Waals surface area contributed by atoms with Crippen molar-refractivity contribution in [1.82, 2.24) is 19.9 Å². The monoisotopic (exact) mass is 444 g/mol. The molecular weight excluding hydrogens is 420 g/mol. The second-order valence-electron chi connectivity index (χ2n) is 7.34. The summed E-state index contributed by atoms with van der Waals surface area (Å²) in [5.74, 6) is 1.07. The van der Waals surface area contributed by atoms with Crippen LogP contribution < -0.4 is 20.3 Å². The van der Waals surface area contributed by atoms with Crippen molar-refractivity contribution in [2.45, 2.75) is 20.0 Å². The molecule has 0 aliphatic carbocycles. The van der Waals surface area contributed by atoms with E-state index in [9.17, 15) is 9.59 Å². The third kappa shape index (κ3) is 4.55. The van der Waals surface area contributed by atoms with Crippen molar-refractivity contribution in [2.75, 3.05) is 14.2 Å². The number of nitrogens with zero attached hydrogens (tertiary/aromatic N) is 3. The van der Waals surface area contributed by atoms with Gasteiger partial charge in [-0.15, -0.1) is 0 Å². The number of aryl methyl sites for hydroxylation is 1. The summed E-state index contributed by atoms with van der Waals surface area (Å²) in [5, 5.41) is 2.89. The molecule has 0 aliphatic heterocycles. The normalized spacial score (nSPS) is 10.8. The minimum Gasteiger partial charge on any atom is -0.497 e. The molecule has 8 heteroatoms. The molecule has 1 amide bonds. The number of nitrogens with one attached hydrogen (secondary N) is 1. The molecule has 0 radical (unpaired) electrons. The fourth-order valence-corrected chi connectivity index (χ4v) is 3.59. The van der Waals surface area contributed by atoms with Crippen LogP contribution in [0.25, 0.3) is 22.4 Å². The zero-order valence-corrected chi connectivity index (χ0v) is 18.7. The Labute approximate surface area is 190 Å². The van der Waals surface area contributed by atoms with Gasteiger partial charge in [0, 0.05) is 36.5 Å². The van der Waals surface area contributed by atoms with Gasteiger partial charge in [-0.05, 0) is 48.9 Å². The number of carbonyl (C=O) groups is 1. The predicted molar refractivity (Wildman–Crippen MR) is 126 cm³/mol. The summed E-state index contributed by atoms with van der Waals surface area (Å²) in [6, 6.07) is 15.9. The van der Waals surface area contributed by atoms with Crippen LogP contribution in [0.15, 0.2) is 65.6 Å². The van der Waals surface area contributed by atoms with Crippen molar-refractivity contribution < 1.29 is 14.3 Å². The number of aromatic nitrogens is 3. The molecule has 0 bridgehead atoms. The SMILES string of the molecule is CCn1c(=O)c(-c2ccc(C(=O)NCc3cc(OC)cc(OC)c3)cc2)nc2cccnc21. The van der Waals surface area contributed by atoms with Gasteiger partial charge in [-0.2, -0.15) is 0 Å². The Morgan fingerprint density at radius 2 is 1.73 bits per heavy atom. The Morgan fingerprint density at radius 1 is 1.03 bits per heavy atom. The highest BCUT2D eigenvalue weighted by Crippen LogP contribution is 2.22. The second kappa shape index (κ2) is 9.52. The fraction of sp³-hybridized carbons (Fsp3) is 0.200. The lowest BCUT2D eigenvalue weighted by molar-refractivity contribution is 0.0951. The van der Waals surface area contributed by atoms with Crippen LogP contribution in [0.2, 0.25) is 0 Å². The molecule has 4 rings (SSSR count). The number of ether oxygens (including phenoxy) is 2. The minimum absolute atomic E-state index is 0.215. The van der Waals surface area contributed by atoms with Crippen LogP contribution in [-0.4, -0.2) is 34.7 Å². The molecule has 2 aromatic carbocycles. The van der Waals surface area contributed by atoms with Gasteiger partial charge in [-0.25, -0.2) is 9.97 Å². The molecule has 0 aliphatic rings. The first kappa shape index (κ1) is 22.0. The Bertz CT molecular complexity index is 1340. The smallest absolute Gasteiger partial charge is 0.278 e. The molecule has 2 aromatic heterocycles. The maximum atomic E-state index is 13.0. The van der Waals surface area contributed by atoms with E-state index >= 15 is 0 Å². The number of rotatable bonds is 7. The molecule has 168 valence electrons. The number of hydrogen-bond acceptors (Lipinski definition) is 6. The second-order valence-corrected chi connectivity index (χ2v) is 7.34. The largest absolute Gasteiger partial charge is 0.497 e. The van der Waals surface area contributed by atoms with Crippen LogP contribution in [0.1, 0.15) is 22.8 Å². The molecular formula is C25H24N4O4. The van der Waals surface area contributed by atoms with E-state index in [0.717, 1.165) is 5.56 Å². The van der Waals surface area contributed by atoms with Gasteiger partial charge in [0.15, 0.2) is 5.65 Å². The quantitative estimate of drug-likeness (QED) is 0.469. The Morgan fingerprint density at radius 3 is 2.36 bits per heavy atom. The topological polar surface area (TPSA) is 95.3 Å². The fourth-order valence-electron chi connectivity index (χ4n) is 3.59. The third-order valence-electron chi connectivity index (χ3n) is 5.30. The van der Waals surface area contributed by atoms with Crippen molar-refractivity contribution in [3.05, 3.63) is 82.3 Å². The average Bonchev–Trinajstić information content (AvgIpc) is 2.86. The van der Waals surface area contributed by atoms with E-state index in [2.05, 4.69) is 15.3 Å². The van der Waals surface area contributed by atoms with Crippen molar-refractivity contribution in [3.63, 3.8) is 0 Å². The van der Waals surface area contributed by atoms with Gasteiger partial charge in [-0.1, -0.05) is 12.1 Å². The standard InChI is InChI=1S/C25H24N4O4/c1-4-29-23-21(6-5-11-26-23)28-22(25(29)31)17-7-9-18(10-8-17)24(30)27-15-16-12-19(32-2)14-20(13-16)33-3/h5-14H,4,15H2,1-3H3,(H,27,30). The number of pyridine rings is 1. The Kier molecular flexibility index (Phi) is 6.35. The predicted octanol–water partition coefficient (Wildman–Crippen LogP) is 3.43. The highest BCUT2D eigenvalue weighted by molar-refractivity contribution is 5.94. The highest BCUT2D eigenvalue weighted by Gasteiger charge is 2.14.